The predicted molar refractivity (Wildman–Crippen MR) is 96.1 cm³/mol. The van der Waals surface area contributed by atoms with Gasteiger partial charge >= 0.3 is 6.03 Å². The molecule has 2 amide bonds. The Hall–Kier alpha value is -1.82. The molecule has 0 spiro atoms. The number of anilines is 1. The van der Waals surface area contributed by atoms with Gasteiger partial charge in [0.05, 0.1) is 6.10 Å². The first-order valence-corrected chi connectivity index (χ1v) is 8.88. The van der Waals surface area contributed by atoms with E-state index in [-0.39, 0.29) is 18.1 Å². The van der Waals surface area contributed by atoms with Crippen molar-refractivity contribution < 1.29 is 9.90 Å². The summed E-state index contributed by atoms with van der Waals surface area (Å²) < 4.78 is 0. The average Bonchev–Trinajstić information content (AvgIpc) is 3.07. The zero-order valence-corrected chi connectivity index (χ0v) is 15.0. The number of aromatic nitrogens is 1. The monoisotopic (exact) mass is 334 g/mol. The smallest absolute Gasteiger partial charge is 0.315 e. The Kier molecular flexibility index (Phi) is 6.85. The van der Waals surface area contributed by atoms with E-state index in [0.29, 0.717) is 19.5 Å². The van der Waals surface area contributed by atoms with Crippen LogP contribution in [0.1, 0.15) is 44.4 Å². The average molecular weight is 334 g/mol. The van der Waals surface area contributed by atoms with Crippen LogP contribution in [0.2, 0.25) is 0 Å². The van der Waals surface area contributed by atoms with Crippen molar-refractivity contribution in [1.29, 1.82) is 0 Å². The van der Waals surface area contributed by atoms with Crippen molar-refractivity contribution in [2.45, 2.75) is 52.7 Å². The van der Waals surface area contributed by atoms with Crippen molar-refractivity contribution in [3.63, 3.8) is 0 Å². The predicted octanol–water partition coefficient (Wildman–Crippen LogP) is 2.20. The zero-order chi connectivity index (χ0) is 17.5. The fraction of sp³-hybridized carbons (Fsp3) is 0.667. The Balaban J connectivity index is 1.84. The molecule has 1 aliphatic heterocycles. The van der Waals surface area contributed by atoms with E-state index in [1.54, 1.807) is 0 Å². The molecule has 1 fully saturated rings. The first kappa shape index (κ1) is 18.5. The van der Waals surface area contributed by atoms with Crippen LogP contribution < -0.4 is 15.5 Å². The van der Waals surface area contributed by atoms with Gasteiger partial charge in [0, 0.05) is 37.4 Å². The minimum absolute atomic E-state index is 0.205. The fourth-order valence-corrected chi connectivity index (χ4v) is 2.82. The van der Waals surface area contributed by atoms with Gasteiger partial charge in [-0.25, -0.2) is 9.78 Å². The minimum atomic E-state index is -0.381. The van der Waals surface area contributed by atoms with Crippen molar-refractivity contribution in [2.24, 2.45) is 5.92 Å². The highest BCUT2D eigenvalue weighted by molar-refractivity contribution is 5.74. The molecule has 134 valence electrons. The molecule has 3 N–H and O–H groups in total. The molecule has 0 saturated carbocycles. The third kappa shape index (κ3) is 5.37. The maximum Gasteiger partial charge on any atom is 0.315 e. The van der Waals surface area contributed by atoms with Gasteiger partial charge in [-0.1, -0.05) is 19.9 Å². The van der Waals surface area contributed by atoms with Crippen molar-refractivity contribution in [3.05, 3.63) is 23.4 Å². The number of nitrogens with one attached hydrogen (secondary N) is 2. The van der Waals surface area contributed by atoms with Gasteiger partial charge in [-0.15, -0.1) is 0 Å². The Bertz CT molecular complexity index is 542. The molecule has 6 nitrogen and oxygen atoms in total. The summed E-state index contributed by atoms with van der Waals surface area (Å²) in [4.78, 5) is 18.9. The van der Waals surface area contributed by atoms with Gasteiger partial charge in [0.15, 0.2) is 0 Å². The molecule has 2 rings (SSSR count). The Morgan fingerprint density at radius 3 is 2.67 bits per heavy atom. The van der Waals surface area contributed by atoms with Gasteiger partial charge in [-0.3, -0.25) is 0 Å². The summed E-state index contributed by atoms with van der Waals surface area (Å²) in [5, 5.41) is 15.4. The molecule has 0 bridgehead atoms. The second kappa shape index (κ2) is 8.87. The summed E-state index contributed by atoms with van der Waals surface area (Å²) in [6.07, 6.45) is 2.58. The van der Waals surface area contributed by atoms with E-state index in [2.05, 4.69) is 20.5 Å². The number of carbonyl (C=O) groups is 1. The number of carbonyl (C=O) groups excluding carboxylic acids is 1. The Morgan fingerprint density at radius 1 is 1.29 bits per heavy atom. The molecule has 0 aromatic carbocycles. The molecule has 0 radical (unpaired) electrons. The summed E-state index contributed by atoms with van der Waals surface area (Å²) in [6.45, 7) is 8.91. The molecule has 1 aliphatic rings. The third-order valence-electron chi connectivity index (χ3n) is 4.44. The van der Waals surface area contributed by atoms with Gasteiger partial charge in [-0.2, -0.15) is 0 Å². The molecule has 1 aromatic rings. The normalized spacial score (nSPS) is 15.6. The Labute approximate surface area is 144 Å². The van der Waals surface area contributed by atoms with Crippen LogP contribution in [0.25, 0.3) is 0 Å². The van der Waals surface area contributed by atoms with Crippen molar-refractivity contribution >= 4 is 11.8 Å². The summed E-state index contributed by atoms with van der Waals surface area (Å²) in [7, 11) is 0. The van der Waals surface area contributed by atoms with Gasteiger partial charge in [0.25, 0.3) is 0 Å². The highest BCUT2D eigenvalue weighted by Crippen LogP contribution is 2.22. The van der Waals surface area contributed by atoms with Crippen LogP contribution in [0.3, 0.4) is 0 Å². The number of aliphatic hydroxyl groups excluding tert-OH is 1. The van der Waals surface area contributed by atoms with Crippen LogP contribution in [-0.4, -0.2) is 41.9 Å². The summed E-state index contributed by atoms with van der Waals surface area (Å²) in [5.74, 6) is 1.19. The number of amides is 2. The number of urea groups is 1. The number of hydrogen-bond donors (Lipinski definition) is 3. The maximum absolute atomic E-state index is 11.9. The summed E-state index contributed by atoms with van der Waals surface area (Å²) in [5.41, 5.74) is 2.03. The highest BCUT2D eigenvalue weighted by Gasteiger charge is 2.17. The molecule has 6 heteroatoms. The lowest BCUT2D eigenvalue weighted by Crippen LogP contribution is -2.37. The van der Waals surface area contributed by atoms with Crippen LogP contribution in [0.15, 0.2) is 12.1 Å². The first-order valence-electron chi connectivity index (χ1n) is 8.88. The van der Waals surface area contributed by atoms with E-state index in [1.807, 2.05) is 32.9 Å². The highest BCUT2D eigenvalue weighted by atomic mass is 16.3. The molecule has 1 atom stereocenters. The molecule has 0 aliphatic carbocycles. The van der Waals surface area contributed by atoms with Gasteiger partial charge < -0.3 is 20.6 Å². The van der Waals surface area contributed by atoms with Gasteiger partial charge in [-0.05, 0) is 38.2 Å². The van der Waals surface area contributed by atoms with Crippen LogP contribution >= 0.6 is 0 Å². The fourth-order valence-electron chi connectivity index (χ4n) is 2.82. The Morgan fingerprint density at radius 2 is 2.00 bits per heavy atom. The van der Waals surface area contributed by atoms with Gasteiger partial charge in [0.1, 0.15) is 5.82 Å². The minimum Gasteiger partial charge on any atom is -0.393 e. The van der Waals surface area contributed by atoms with Crippen LogP contribution in [-0.2, 0) is 6.54 Å². The molecule has 1 unspecified atom stereocenters. The topological polar surface area (TPSA) is 77.5 Å². The lowest BCUT2D eigenvalue weighted by atomic mass is 10.0. The molecular weight excluding hydrogens is 304 g/mol. The second-order valence-electron chi connectivity index (χ2n) is 6.84. The zero-order valence-electron chi connectivity index (χ0n) is 15.0. The van der Waals surface area contributed by atoms with E-state index in [1.165, 1.54) is 12.8 Å². The number of hydrogen-bond acceptors (Lipinski definition) is 4. The molecule has 24 heavy (non-hydrogen) atoms. The van der Waals surface area contributed by atoms with Crippen LogP contribution in [0.4, 0.5) is 10.6 Å². The second-order valence-corrected chi connectivity index (χ2v) is 6.84. The lowest BCUT2D eigenvalue weighted by molar-refractivity contribution is 0.116. The number of aryl methyl sites for hydroxylation is 1. The van der Waals surface area contributed by atoms with Crippen molar-refractivity contribution in [2.75, 3.05) is 24.5 Å². The number of aliphatic hydroxyl groups is 1. The number of pyridine rings is 1. The maximum atomic E-state index is 11.9. The third-order valence-corrected chi connectivity index (χ3v) is 4.44. The van der Waals surface area contributed by atoms with Gasteiger partial charge in [0.2, 0.25) is 0 Å². The van der Waals surface area contributed by atoms with E-state index >= 15 is 0 Å². The molecular formula is C18H30N4O2. The van der Waals surface area contributed by atoms with Crippen molar-refractivity contribution in [1.82, 2.24) is 15.6 Å². The van der Waals surface area contributed by atoms with E-state index in [9.17, 15) is 9.90 Å². The number of rotatable bonds is 7. The molecule has 1 aromatic heterocycles. The summed E-state index contributed by atoms with van der Waals surface area (Å²) >= 11 is 0. The van der Waals surface area contributed by atoms with E-state index in [4.69, 9.17) is 0 Å². The molecule has 2 heterocycles. The largest absolute Gasteiger partial charge is 0.393 e. The van der Waals surface area contributed by atoms with E-state index in [0.717, 1.165) is 30.2 Å². The van der Waals surface area contributed by atoms with Crippen LogP contribution in [0, 0.1) is 12.8 Å². The SMILES string of the molecule is Cc1ccc(CNC(=O)NCCC(O)C(C)C)c(N2CCCC2)n1. The van der Waals surface area contributed by atoms with Crippen LogP contribution in [0.5, 0.6) is 0 Å². The number of nitrogens with zero attached hydrogens (tertiary/aromatic N) is 2. The van der Waals surface area contributed by atoms with Crippen molar-refractivity contribution in [3.8, 4) is 0 Å². The summed E-state index contributed by atoms with van der Waals surface area (Å²) in [6, 6.07) is 3.81. The first-order chi connectivity index (χ1) is 11.5. The quantitative estimate of drug-likeness (QED) is 0.714. The lowest BCUT2D eigenvalue weighted by Gasteiger charge is -2.21. The van der Waals surface area contributed by atoms with E-state index < -0.39 is 0 Å². The molecule has 1 saturated heterocycles. The standard InChI is InChI=1S/C18H30N4O2/c1-13(2)16(23)8-9-19-18(24)20-12-15-7-6-14(3)21-17(15)22-10-4-5-11-22/h6-7,13,16,23H,4-5,8-12H2,1-3H3,(H2,19,20,24).